The van der Waals surface area contributed by atoms with Crippen molar-refractivity contribution in [1.82, 2.24) is 0 Å². The van der Waals surface area contributed by atoms with E-state index >= 15 is 0 Å². The first-order chi connectivity index (χ1) is 13.4. The second-order valence-corrected chi connectivity index (χ2v) is 9.44. The largest absolute Gasteiger partial charge is 0.483 e. The third-order valence-electron chi connectivity index (χ3n) is 4.54. The van der Waals surface area contributed by atoms with Gasteiger partial charge in [-0.25, -0.2) is 4.79 Å². The lowest BCUT2D eigenvalue weighted by Gasteiger charge is -2.19. The molecule has 1 N–H and O–H groups in total. The van der Waals surface area contributed by atoms with Crippen molar-refractivity contribution in [2.45, 2.75) is 39.0 Å². The highest BCUT2D eigenvalue weighted by Crippen LogP contribution is 2.43. The Hall–Kier alpha value is -1.38. The number of nitrogens with one attached hydrogen (secondary N) is 1. The van der Waals surface area contributed by atoms with Crippen LogP contribution < -0.4 is 10.1 Å². The maximum atomic E-state index is 12.6. The predicted molar refractivity (Wildman–Crippen MR) is 118 cm³/mol. The monoisotopic (exact) mass is 529 g/mol. The number of rotatable bonds is 6. The van der Waals surface area contributed by atoms with E-state index in [1.807, 2.05) is 12.1 Å². The summed E-state index contributed by atoms with van der Waals surface area (Å²) >= 11 is 8.26. The second-order valence-electron chi connectivity index (χ2n) is 6.57. The number of carbonyl (C=O) groups is 2. The summed E-state index contributed by atoms with van der Waals surface area (Å²) in [5, 5.41) is 3.41. The minimum absolute atomic E-state index is 0.152. The van der Waals surface area contributed by atoms with E-state index in [2.05, 4.69) is 44.1 Å². The highest BCUT2D eigenvalue weighted by Gasteiger charge is 2.30. The van der Waals surface area contributed by atoms with E-state index < -0.39 is 0 Å². The van der Waals surface area contributed by atoms with Crippen molar-refractivity contribution < 1.29 is 19.1 Å². The molecule has 1 aliphatic rings. The second kappa shape index (κ2) is 9.41. The zero-order valence-corrected chi connectivity index (χ0v) is 19.6. The molecule has 0 fully saturated rings. The summed E-state index contributed by atoms with van der Waals surface area (Å²) in [6, 6.07) is 5.46. The van der Waals surface area contributed by atoms with Crippen molar-refractivity contribution in [2.24, 2.45) is 0 Å². The quantitative estimate of drug-likeness (QED) is 0.472. The van der Waals surface area contributed by atoms with Gasteiger partial charge in [0.1, 0.15) is 10.8 Å². The van der Waals surface area contributed by atoms with Crippen molar-refractivity contribution in [3.05, 3.63) is 43.1 Å². The van der Waals surface area contributed by atoms with Crippen LogP contribution in [-0.2, 0) is 16.0 Å². The van der Waals surface area contributed by atoms with Gasteiger partial charge in [0.15, 0.2) is 6.61 Å². The number of halogens is 2. The Morgan fingerprint density at radius 3 is 2.82 bits per heavy atom. The number of amides is 1. The zero-order valence-electron chi connectivity index (χ0n) is 15.6. The van der Waals surface area contributed by atoms with E-state index in [1.54, 1.807) is 13.0 Å². The lowest BCUT2D eigenvalue weighted by atomic mass is 9.86. The number of aryl methyl sites for hydroxylation is 1. The number of fused-ring (bicyclic) bond motifs is 1. The molecule has 28 heavy (non-hydrogen) atoms. The van der Waals surface area contributed by atoms with Crippen molar-refractivity contribution in [2.75, 3.05) is 18.5 Å². The summed E-state index contributed by atoms with van der Waals surface area (Å²) in [6.45, 7) is 4.04. The molecule has 0 bridgehead atoms. The van der Waals surface area contributed by atoms with Crippen LogP contribution in [-0.4, -0.2) is 25.1 Å². The molecule has 2 aromatic rings. The molecule has 150 valence electrons. The Morgan fingerprint density at radius 1 is 1.32 bits per heavy atom. The van der Waals surface area contributed by atoms with Gasteiger partial charge in [-0.2, -0.15) is 0 Å². The highest BCUT2D eigenvalue weighted by atomic mass is 79.9. The SMILES string of the molecule is CCOC(=O)c1c(NC(=O)COc2ccc(Br)cc2Br)sc2c1C(C)CCC2. The molecule has 1 unspecified atom stereocenters. The van der Waals surface area contributed by atoms with Gasteiger partial charge in [-0.15, -0.1) is 11.3 Å². The minimum atomic E-state index is -0.374. The van der Waals surface area contributed by atoms with Gasteiger partial charge in [0.2, 0.25) is 0 Å². The van der Waals surface area contributed by atoms with Crippen LogP contribution in [0, 0.1) is 0 Å². The van der Waals surface area contributed by atoms with Gasteiger partial charge >= 0.3 is 5.97 Å². The first kappa shape index (κ1) is 21.3. The number of thiophene rings is 1. The van der Waals surface area contributed by atoms with E-state index in [9.17, 15) is 9.59 Å². The van der Waals surface area contributed by atoms with Crippen LogP contribution in [0.25, 0.3) is 0 Å². The van der Waals surface area contributed by atoms with E-state index in [0.717, 1.165) is 38.6 Å². The fraction of sp³-hybridized carbons (Fsp3) is 0.400. The van der Waals surface area contributed by atoms with Gasteiger partial charge in [0.25, 0.3) is 5.91 Å². The predicted octanol–water partition coefficient (Wildman–Crippen LogP) is 5.91. The zero-order chi connectivity index (χ0) is 20.3. The Kier molecular flexibility index (Phi) is 7.17. The molecular formula is C20H21Br2NO4S. The molecule has 1 aromatic heterocycles. The lowest BCUT2D eigenvalue weighted by molar-refractivity contribution is -0.118. The number of esters is 1. The van der Waals surface area contributed by atoms with E-state index in [-0.39, 0.29) is 24.4 Å². The molecule has 1 aromatic carbocycles. The van der Waals surface area contributed by atoms with Crippen LogP contribution in [0.2, 0.25) is 0 Å². The third kappa shape index (κ3) is 4.78. The van der Waals surface area contributed by atoms with Gasteiger partial charge in [-0.1, -0.05) is 22.9 Å². The Balaban J connectivity index is 1.77. The molecule has 8 heteroatoms. The van der Waals surface area contributed by atoms with Crippen LogP contribution in [0.4, 0.5) is 5.00 Å². The molecule has 5 nitrogen and oxygen atoms in total. The Morgan fingerprint density at radius 2 is 2.11 bits per heavy atom. The maximum Gasteiger partial charge on any atom is 0.341 e. The van der Waals surface area contributed by atoms with Crippen LogP contribution in [0.5, 0.6) is 5.75 Å². The van der Waals surface area contributed by atoms with Crippen LogP contribution in [0.3, 0.4) is 0 Å². The topological polar surface area (TPSA) is 64.6 Å². The van der Waals surface area contributed by atoms with Crippen LogP contribution in [0.1, 0.15) is 53.4 Å². The average Bonchev–Trinajstić information content (AvgIpc) is 3.00. The number of ether oxygens (including phenoxy) is 2. The van der Waals surface area contributed by atoms with Crippen LogP contribution >= 0.6 is 43.2 Å². The summed E-state index contributed by atoms with van der Waals surface area (Å²) in [4.78, 5) is 26.2. The van der Waals surface area contributed by atoms with Gasteiger partial charge in [-0.3, -0.25) is 4.79 Å². The molecule has 0 saturated carbocycles. The summed E-state index contributed by atoms with van der Waals surface area (Å²) < 4.78 is 12.5. The smallest absolute Gasteiger partial charge is 0.341 e. The molecule has 1 heterocycles. The molecule has 1 atom stereocenters. The summed E-state index contributed by atoms with van der Waals surface area (Å²) in [7, 11) is 0. The minimum Gasteiger partial charge on any atom is -0.483 e. The van der Waals surface area contributed by atoms with Gasteiger partial charge < -0.3 is 14.8 Å². The number of hydrogen-bond acceptors (Lipinski definition) is 5. The molecule has 1 aliphatic carbocycles. The van der Waals surface area contributed by atoms with Crippen LogP contribution in [0.15, 0.2) is 27.1 Å². The fourth-order valence-corrected chi connectivity index (χ4v) is 5.83. The summed E-state index contributed by atoms with van der Waals surface area (Å²) in [6.07, 6.45) is 3.05. The van der Waals surface area contributed by atoms with Crippen molar-refractivity contribution in [3.8, 4) is 5.75 Å². The molecule has 3 rings (SSSR count). The van der Waals surface area contributed by atoms with E-state index in [1.165, 1.54) is 11.3 Å². The first-order valence-electron chi connectivity index (χ1n) is 9.11. The van der Waals surface area contributed by atoms with E-state index in [4.69, 9.17) is 9.47 Å². The lowest BCUT2D eigenvalue weighted by Crippen LogP contribution is -2.21. The number of hydrogen-bond donors (Lipinski definition) is 1. The third-order valence-corrected chi connectivity index (χ3v) is 6.83. The first-order valence-corrected chi connectivity index (χ1v) is 11.5. The Bertz CT molecular complexity index is 897. The molecule has 0 saturated heterocycles. The van der Waals surface area contributed by atoms with Crippen molar-refractivity contribution in [3.63, 3.8) is 0 Å². The normalized spacial score (nSPS) is 15.6. The maximum absolute atomic E-state index is 12.6. The van der Waals surface area contributed by atoms with Gasteiger partial charge in [0.05, 0.1) is 16.6 Å². The highest BCUT2D eigenvalue weighted by molar-refractivity contribution is 9.11. The molecular weight excluding hydrogens is 510 g/mol. The van der Waals surface area contributed by atoms with Crippen molar-refractivity contribution in [1.29, 1.82) is 0 Å². The van der Waals surface area contributed by atoms with Gasteiger partial charge in [-0.05, 0) is 71.8 Å². The number of anilines is 1. The fourth-order valence-electron chi connectivity index (χ4n) is 3.30. The average molecular weight is 531 g/mol. The van der Waals surface area contributed by atoms with Crippen molar-refractivity contribution >= 4 is 60.1 Å². The summed E-state index contributed by atoms with van der Waals surface area (Å²) in [5.41, 5.74) is 1.54. The number of carbonyl (C=O) groups excluding carboxylic acids is 2. The standard InChI is InChI=1S/C20H21Br2NO4S/c1-3-26-20(25)18-17-11(2)5-4-6-15(17)28-19(18)23-16(24)10-27-14-8-7-12(21)9-13(14)22/h7-9,11H,3-6,10H2,1-2H3,(H,23,24). The summed E-state index contributed by atoms with van der Waals surface area (Å²) in [5.74, 6) is 0.162. The Labute approximate surface area is 185 Å². The molecule has 1 amide bonds. The molecule has 0 spiro atoms. The van der Waals surface area contributed by atoms with E-state index in [0.29, 0.717) is 22.9 Å². The van der Waals surface area contributed by atoms with Gasteiger partial charge in [0, 0.05) is 9.35 Å². The molecule has 0 radical (unpaired) electrons. The molecule has 0 aliphatic heterocycles. The number of benzene rings is 1.